The highest BCUT2D eigenvalue weighted by molar-refractivity contribution is 5.68. The number of aromatic nitrogens is 2. The average Bonchev–Trinajstić information content (AvgIpc) is 3.33. The van der Waals surface area contributed by atoms with Gasteiger partial charge in [-0.3, -0.25) is 4.90 Å². The van der Waals surface area contributed by atoms with Crippen LogP contribution in [0.4, 0.5) is 0 Å². The molecule has 3 aromatic carbocycles. The van der Waals surface area contributed by atoms with Gasteiger partial charge >= 0.3 is 0 Å². The van der Waals surface area contributed by atoms with Gasteiger partial charge < -0.3 is 14.4 Å². The minimum atomic E-state index is 0.0208. The molecule has 5 nitrogen and oxygen atoms in total. The van der Waals surface area contributed by atoms with E-state index in [1.54, 1.807) is 0 Å². The van der Waals surface area contributed by atoms with Gasteiger partial charge in [0.2, 0.25) is 0 Å². The summed E-state index contributed by atoms with van der Waals surface area (Å²) in [6.07, 6.45) is 4.55. The van der Waals surface area contributed by atoms with E-state index in [0.29, 0.717) is 6.61 Å². The zero-order valence-corrected chi connectivity index (χ0v) is 22.9. The molecule has 0 aliphatic heterocycles. The summed E-state index contributed by atoms with van der Waals surface area (Å²) in [7, 11) is 0. The second-order valence-corrected chi connectivity index (χ2v) is 9.75. The summed E-state index contributed by atoms with van der Waals surface area (Å²) in [6.45, 7) is 8.49. The molecule has 0 spiro atoms. The van der Waals surface area contributed by atoms with Gasteiger partial charge in [-0.2, -0.15) is 0 Å². The summed E-state index contributed by atoms with van der Waals surface area (Å²) < 4.78 is 8.03. The molecule has 4 rings (SSSR count). The molecule has 5 heteroatoms. The molecule has 0 aliphatic carbocycles. The maximum absolute atomic E-state index is 9.04. The van der Waals surface area contributed by atoms with Gasteiger partial charge in [-0.1, -0.05) is 99.5 Å². The Morgan fingerprint density at radius 1 is 0.789 bits per heavy atom. The largest absolute Gasteiger partial charge is 0.491 e. The molecule has 200 valence electrons. The summed E-state index contributed by atoms with van der Waals surface area (Å²) in [6, 6.07) is 29.5. The van der Waals surface area contributed by atoms with Crippen LogP contribution in [0.1, 0.15) is 50.8 Å². The van der Waals surface area contributed by atoms with Crippen LogP contribution in [0.5, 0.6) is 5.75 Å². The molecule has 0 bridgehead atoms. The van der Waals surface area contributed by atoms with Crippen molar-refractivity contribution in [2.24, 2.45) is 0 Å². The second kappa shape index (κ2) is 14.5. The normalized spacial score (nSPS) is 11.3. The number of aliphatic hydroxyl groups excluding tert-OH is 1. The molecule has 0 fully saturated rings. The van der Waals surface area contributed by atoms with E-state index in [-0.39, 0.29) is 6.61 Å². The molecule has 0 unspecified atom stereocenters. The Morgan fingerprint density at radius 2 is 1.45 bits per heavy atom. The van der Waals surface area contributed by atoms with E-state index in [4.69, 9.17) is 14.8 Å². The van der Waals surface area contributed by atoms with E-state index in [9.17, 15) is 0 Å². The molecule has 1 aromatic heterocycles. The lowest BCUT2D eigenvalue weighted by Gasteiger charge is -2.24. The van der Waals surface area contributed by atoms with E-state index in [2.05, 4.69) is 96.1 Å². The van der Waals surface area contributed by atoms with Gasteiger partial charge in [0.25, 0.3) is 0 Å². The van der Waals surface area contributed by atoms with Gasteiger partial charge in [-0.15, -0.1) is 0 Å². The molecular weight excluding hydrogens is 470 g/mol. The first-order valence-corrected chi connectivity index (χ1v) is 14.0. The van der Waals surface area contributed by atoms with Crippen molar-refractivity contribution < 1.29 is 9.84 Å². The predicted octanol–water partition coefficient (Wildman–Crippen LogP) is 7.19. The number of hydrogen-bond acceptors (Lipinski definition) is 4. The first-order chi connectivity index (χ1) is 18.7. The van der Waals surface area contributed by atoms with Crippen LogP contribution in [0.25, 0.3) is 22.6 Å². The van der Waals surface area contributed by atoms with E-state index in [1.807, 2.05) is 12.1 Å². The molecule has 1 N–H and O–H groups in total. The van der Waals surface area contributed by atoms with E-state index in [0.717, 1.165) is 80.3 Å². The van der Waals surface area contributed by atoms with Crippen LogP contribution in [-0.4, -0.2) is 39.3 Å². The maximum atomic E-state index is 9.04. The van der Waals surface area contributed by atoms with Crippen LogP contribution in [0.15, 0.2) is 84.9 Å². The molecule has 0 atom stereocenters. The lowest BCUT2D eigenvalue weighted by molar-refractivity contribution is 0.201. The third-order valence-corrected chi connectivity index (χ3v) is 6.78. The van der Waals surface area contributed by atoms with Gasteiger partial charge in [0.05, 0.1) is 18.0 Å². The summed E-state index contributed by atoms with van der Waals surface area (Å²) in [5.41, 5.74) is 5.93. The second-order valence-electron chi connectivity index (χ2n) is 9.75. The molecular formula is C33H41N3O2. The van der Waals surface area contributed by atoms with E-state index < -0.39 is 0 Å². The highest BCUT2D eigenvalue weighted by atomic mass is 16.5. The summed E-state index contributed by atoms with van der Waals surface area (Å²) in [5, 5.41) is 9.04. The Balaban J connectivity index is 1.71. The number of ether oxygens (including phenoxy) is 1. The fraction of sp³-hybridized carbons (Fsp3) is 0.364. The number of hydrogen-bond donors (Lipinski definition) is 1. The zero-order chi connectivity index (χ0) is 26.6. The van der Waals surface area contributed by atoms with Crippen LogP contribution in [0.2, 0.25) is 0 Å². The van der Waals surface area contributed by atoms with Crippen LogP contribution >= 0.6 is 0 Å². The Labute approximate surface area is 227 Å². The fourth-order valence-corrected chi connectivity index (χ4v) is 4.76. The van der Waals surface area contributed by atoms with Crippen molar-refractivity contribution in [2.75, 3.05) is 19.8 Å². The molecule has 1 heterocycles. The number of imidazole rings is 1. The number of unbranched alkanes of at least 4 members (excludes halogenated alkanes) is 2. The lowest BCUT2D eigenvalue weighted by Crippen LogP contribution is -2.26. The van der Waals surface area contributed by atoms with Crippen molar-refractivity contribution in [3.8, 4) is 28.4 Å². The lowest BCUT2D eigenvalue weighted by atomic mass is 10.1. The summed E-state index contributed by atoms with van der Waals surface area (Å²) in [4.78, 5) is 7.83. The van der Waals surface area contributed by atoms with Crippen molar-refractivity contribution in [3.05, 3.63) is 96.2 Å². The molecule has 0 saturated heterocycles. The van der Waals surface area contributed by atoms with Gasteiger partial charge in [-0.25, -0.2) is 4.98 Å². The van der Waals surface area contributed by atoms with Crippen molar-refractivity contribution in [2.45, 2.75) is 59.2 Å². The number of nitrogens with zero attached hydrogens (tertiary/aromatic N) is 3. The van der Waals surface area contributed by atoms with Gasteiger partial charge in [0.15, 0.2) is 0 Å². The van der Waals surface area contributed by atoms with E-state index in [1.165, 1.54) is 11.3 Å². The van der Waals surface area contributed by atoms with Gasteiger partial charge in [-0.05, 0) is 37.1 Å². The van der Waals surface area contributed by atoms with E-state index >= 15 is 0 Å². The first kappa shape index (κ1) is 27.6. The minimum absolute atomic E-state index is 0.0208. The SMILES string of the molecule is CCCCN(Cc1ccc(OCCO)cc1)Cc1c(-c2ccccc2)nc(-c2ccccc2)n1CCCC. The number of benzene rings is 3. The first-order valence-electron chi connectivity index (χ1n) is 14.0. The number of rotatable bonds is 15. The molecule has 0 radical (unpaired) electrons. The number of aliphatic hydroxyl groups is 1. The van der Waals surface area contributed by atoms with Gasteiger partial charge in [0.1, 0.15) is 18.2 Å². The molecule has 38 heavy (non-hydrogen) atoms. The Bertz CT molecular complexity index is 1220. The zero-order valence-electron chi connectivity index (χ0n) is 22.9. The standard InChI is InChI=1S/C33H41N3O2/c1-3-5-21-35(25-27-17-19-30(20-18-27)38-24-23-37)26-31-32(28-13-9-7-10-14-28)34-33(36(31)22-6-4-2)29-15-11-8-12-16-29/h7-20,37H,3-6,21-26H2,1-2H3. The van der Waals surface area contributed by atoms with Crippen LogP contribution < -0.4 is 4.74 Å². The summed E-state index contributed by atoms with van der Waals surface area (Å²) >= 11 is 0. The van der Waals surface area contributed by atoms with Gasteiger partial charge in [0, 0.05) is 30.8 Å². The molecule has 0 saturated carbocycles. The highest BCUT2D eigenvalue weighted by Crippen LogP contribution is 2.31. The monoisotopic (exact) mass is 511 g/mol. The minimum Gasteiger partial charge on any atom is -0.491 e. The van der Waals surface area contributed by atoms with Crippen molar-refractivity contribution in [1.82, 2.24) is 14.5 Å². The third kappa shape index (κ3) is 7.33. The predicted molar refractivity (Wildman–Crippen MR) is 156 cm³/mol. The topological polar surface area (TPSA) is 50.5 Å². The van der Waals surface area contributed by atoms with Crippen LogP contribution in [-0.2, 0) is 19.6 Å². The molecule has 0 amide bonds. The Morgan fingerprint density at radius 3 is 2.08 bits per heavy atom. The van der Waals surface area contributed by atoms with Crippen molar-refractivity contribution in [1.29, 1.82) is 0 Å². The maximum Gasteiger partial charge on any atom is 0.140 e. The Kier molecular flexibility index (Phi) is 10.5. The smallest absolute Gasteiger partial charge is 0.140 e. The Hall–Kier alpha value is -3.41. The summed E-state index contributed by atoms with van der Waals surface area (Å²) in [5.74, 6) is 1.84. The molecule has 4 aromatic rings. The van der Waals surface area contributed by atoms with Crippen molar-refractivity contribution in [3.63, 3.8) is 0 Å². The quantitative estimate of drug-likeness (QED) is 0.183. The van der Waals surface area contributed by atoms with Crippen LogP contribution in [0.3, 0.4) is 0 Å². The van der Waals surface area contributed by atoms with Crippen molar-refractivity contribution >= 4 is 0 Å². The average molecular weight is 512 g/mol. The van der Waals surface area contributed by atoms with Crippen LogP contribution in [0, 0.1) is 0 Å². The fourth-order valence-electron chi connectivity index (χ4n) is 4.76. The third-order valence-electron chi connectivity index (χ3n) is 6.78. The highest BCUT2D eigenvalue weighted by Gasteiger charge is 2.21. The molecule has 0 aliphatic rings.